The third-order valence-corrected chi connectivity index (χ3v) is 4.63. The molecule has 0 aromatic rings. The van der Waals surface area contributed by atoms with E-state index in [9.17, 15) is 13.2 Å². The van der Waals surface area contributed by atoms with E-state index in [4.69, 9.17) is 0 Å². The number of nitrogens with zero attached hydrogens (tertiary/aromatic N) is 1. The van der Waals surface area contributed by atoms with E-state index in [1.165, 1.54) is 0 Å². The fourth-order valence-electron chi connectivity index (χ4n) is 3.38. The third kappa shape index (κ3) is 3.67. The maximum Gasteiger partial charge on any atom is 0.264 e. The first kappa shape index (κ1) is 16.1. The first-order valence-electron chi connectivity index (χ1n) is 7.63. The van der Waals surface area contributed by atoms with Gasteiger partial charge in [-0.05, 0) is 47.0 Å². The number of hydrogen-bond donors (Lipinski definition) is 1. The van der Waals surface area contributed by atoms with Crippen LogP contribution in [0.2, 0.25) is 0 Å². The molecule has 0 bridgehead atoms. The molecule has 2 fully saturated rings. The molecule has 1 aliphatic carbocycles. The normalized spacial score (nSPS) is 34.5. The van der Waals surface area contributed by atoms with Crippen molar-refractivity contribution in [1.82, 2.24) is 10.2 Å². The summed E-state index contributed by atoms with van der Waals surface area (Å²) in [6.07, 6.45) is 0.745. The van der Waals surface area contributed by atoms with E-state index in [1.54, 1.807) is 0 Å². The summed E-state index contributed by atoms with van der Waals surface area (Å²) < 4.78 is 41.1. The molecule has 1 saturated carbocycles. The van der Waals surface area contributed by atoms with E-state index >= 15 is 0 Å². The minimum Gasteiger partial charge on any atom is -0.309 e. The number of rotatable bonds is 5. The second-order valence-corrected chi connectivity index (χ2v) is 7.48. The maximum absolute atomic E-state index is 14.1. The zero-order valence-electron chi connectivity index (χ0n) is 12.9. The number of hydrogen-bond acceptors (Lipinski definition) is 2. The van der Waals surface area contributed by atoms with E-state index < -0.39 is 18.0 Å². The van der Waals surface area contributed by atoms with Gasteiger partial charge in [0.2, 0.25) is 0 Å². The van der Waals surface area contributed by atoms with Crippen LogP contribution in [0.25, 0.3) is 0 Å². The summed E-state index contributed by atoms with van der Waals surface area (Å²) in [7, 11) is 0. The predicted octanol–water partition coefficient (Wildman–Crippen LogP) is 3.22. The zero-order valence-corrected chi connectivity index (χ0v) is 12.9. The summed E-state index contributed by atoms with van der Waals surface area (Å²) in [4.78, 5) is 1.85. The minimum absolute atomic E-state index is 0.138. The Morgan fingerprint density at radius 1 is 1.30 bits per heavy atom. The molecule has 2 aliphatic rings. The van der Waals surface area contributed by atoms with Crippen molar-refractivity contribution in [2.24, 2.45) is 5.92 Å². The van der Waals surface area contributed by atoms with Gasteiger partial charge >= 0.3 is 0 Å². The van der Waals surface area contributed by atoms with Gasteiger partial charge in [0.05, 0.1) is 6.54 Å². The Morgan fingerprint density at radius 3 is 2.35 bits per heavy atom. The molecule has 20 heavy (non-hydrogen) atoms. The SMILES string of the molecule is CC(C)N1CC(CC(C)(C)NC2CC(F)C2)C(F)(F)C1. The quantitative estimate of drug-likeness (QED) is 0.837. The van der Waals surface area contributed by atoms with E-state index in [2.05, 4.69) is 5.32 Å². The van der Waals surface area contributed by atoms with Crippen LogP contribution in [-0.4, -0.2) is 47.7 Å². The minimum atomic E-state index is -2.62. The van der Waals surface area contributed by atoms with Gasteiger partial charge < -0.3 is 5.32 Å². The van der Waals surface area contributed by atoms with Crippen molar-refractivity contribution in [3.05, 3.63) is 0 Å². The van der Waals surface area contributed by atoms with Crippen molar-refractivity contribution in [2.75, 3.05) is 13.1 Å². The molecule has 5 heteroatoms. The summed E-state index contributed by atoms with van der Waals surface area (Å²) >= 11 is 0. The van der Waals surface area contributed by atoms with Crippen molar-refractivity contribution in [3.63, 3.8) is 0 Å². The van der Waals surface area contributed by atoms with Crippen LogP contribution in [-0.2, 0) is 0 Å². The molecule has 0 amide bonds. The maximum atomic E-state index is 14.1. The summed E-state index contributed by atoms with van der Waals surface area (Å²) in [5.41, 5.74) is -0.369. The molecule has 0 aromatic heterocycles. The molecule has 0 spiro atoms. The van der Waals surface area contributed by atoms with Crippen molar-refractivity contribution < 1.29 is 13.2 Å². The monoisotopic (exact) mass is 292 g/mol. The lowest BCUT2D eigenvalue weighted by Crippen LogP contribution is -2.53. The van der Waals surface area contributed by atoms with Crippen molar-refractivity contribution in [2.45, 2.75) is 76.7 Å². The molecular formula is C15H27F3N2. The van der Waals surface area contributed by atoms with Crippen LogP contribution in [0, 0.1) is 5.92 Å². The zero-order chi connectivity index (χ0) is 15.1. The molecule has 0 aromatic carbocycles. The van der Waals surface area contributed by atoms with Gasteiger partial charge in [-0.25, -0.2) is 13.2 Å². The highest BCUT2D eigenvalue weighted by Gasteiger charge is 2.50. The van der Waals surface area contributed by atoms with Gasteiger partial charge in [-0.2, -0.15) is 0 Å². The van der Waals surface area contributed by atoms with Crippen LogP contribution in [0.3, 0.4) is 0 Å². The number of halogens is 3. The first-order chi connectivity index (χ1) is 9.09. The molecule has 1 atom stereocenters. The Bertz CT molecular complexity index is 338. The summed E-state index contributed by atoms with van der Waals surface area (Å²) in [5, 5.41) is 3.34. The van der Waals surface area contributed by atoms with Gasteiger partial charge in [-0.1, -0.05) is 0 Å². The van der Waals surface area contributed by atoms with Gasteiger partial charge in [-0.3, -0.25) is 4.90 Å². The van der Waals surface area contributed by atoms with Crippen LogP contribution in [0.1, 0.15) is 47.0 Å². The van der Waals surface area contributed by atoms with E-state index in [0.717, 1.165) is 0 Å². The van der Waals surface area contributed by atoms with Gasteiger partial charge in [0.15, 0.2) is 0 Å². The molecule has 1 aliphatic heterocycles. The standard InChI is InChI=1S/C15H27F3N2/c1-10(2)20-8-11(15(17,18)9-20)7-14(3,4)19-13-5-12(16)6-13/h10-13,19H,5-9H2,1-4H3. The first-order valence-corrected chi connectivity index (χ1v) is 7.63. The van der Waals surface area contributed by atoms with E-state index in [1.807, 2.05) is 32.6 Å². The smallest absolute Gasteiger partial charge is 0.264 e. The number of nitrogens with one attached hydrogen (secondary N) is 1. The van der Waals surface area contributed by atoms with Crippen molar-refractivity contribution >= 4 is 0 Å². The summed E-state index contributed by atoms with van der Waals surface area (Å²) in [6.45, 7) is 8.13. The lowest BCUT2D eigenvalue weighted by molar-refractivity contribution is -0.0389. The van der Waals surface area contributed by atoms with E-state index in [0.29, 0.717) is 25.8 Å². The average Bonchev–Trinajstić information content (AvgIpc) is 2.51. The van der Waals surface area contributed by atoms with Crippen LogP contribution < -0.4 is 5.32 Å². The fraction of sp³-hybridized carbons (Fsp3) is 1.00. The molecule has 118 valence electrons. The Balaban J connectivity index is 1.90. The lowest BCUT2D eigenvalue weighted by atomic mass is 9.83. The second kappa shape index (κ2) is 5.48. The van der Waals surface area contributed by atoms with Gasteiger partial charge in [0.1, 0.15) is 6.17 Å². The molecule has 1 unspecified atom stereocenters. The van der Waals surface area contributed by atoms with Gasteiger partial charge in [0, 0.05) is 30.1 Å². The summed E-state index contributed by atoms with van der Waals surface area (Å²) in [5.74, 6) is -3.24. The predicted molar refractivity (Wildman–Crippen MR) is 74.9 cm³/mol. The Hall–Kier alpha value is -0.290. The fourth-order valence-corrected chi connectivity index (χ4v) is 3.38. The molecule has 1 heterocycles. The Kier molecular flexibility index (Phi) is 4.41. The molecule has 1 N–H and O–H groups in total. The van der Waals surface area contributed by atoms with Crippen LogP contribution in [0.4, 0.5) is 13.2 Å². The highest BCUT2D eigenvalue weighted by Crippen LogP contribution is 2.39. The molecular weight excluding hydrogens is 265 g/mol. The average molecular weight is 292 g/mol. The van der Waals surface area contributed by atoms with Gasteiger partial charge in [-0.15, -0.1) is 0 Å². The van der Waals surface area contributed by atoms with E-state index in [-0.39, 0.29) is 24.2 Å². The van der Waals surface area contributed by atoms with Crippen LogP contribution >= 0.6 is 0 Å². The third-order valence-electron chi connectivity index (χ3n) is 4.63. The van der Waals surface area contributed by atoms with Crippen LogP contribution in [0.5, 0.6) is 0 Å². The van der Waals surface area contributed by atoms with Gasteiger partial charge in [0.25, 0.3) is 5.92 Å². The largest absolute Gasteiger partial charge is 0.309 e. The van der Waals surface area contributed by atoms with Crippen LogP contribution in [0.15, 0.2) is 0 Å². The second-order valence-electron chi connectivity index (χ2n) is 7.48. The summed E-state index contributed by atoms with van der Waals surface area (Å²) in [6, 6.07) is 0.303. The lowest BCUT2D eigenvalue weighted by Gasteiger charge is -2.40. The topological polar surface area (TPSA) is 15.3 Å². The Morgan fingerprint density at radius 2 is 1.90 bits per heavy atom. The highest BCUT2D eigenvalue weighted by molar-refractivity contribution is 4.98. The Labute approximate surface area is 120 Å². The number of likely N-dealkylation sites (tertiary alicyclic amines) is 1. The van der Waals surface area contributed by atoms with Crippen molar-refractivity contribution in [3.8, 4) is 0 Å². The molecule has 2 rings (SSSR count). The molecule has 1 saturated heterocycles. The molecule has 0 radical (unpaired) electrons. The van der Waals surface area contributed by atoms with Crippen molar-refractivity contribution in [1.29, 1.82) is 0 Å². The number of alkyl halides is 3. The highest BCUT2D eigenvalue weighted by atomic mass is 19.3. The molecule has 2 nitrogen and oxygen atoms in total.